The molecule has 0 fully saturated rings. The molecular formula is C25H26BrClN2O5S. The molecule has 0 unspecified atom stereocenters. The van der Waals surface area contributed by atoms with Crippen LogP contribution in [0, 0.1) is 0 Å². The van der Waals surface area contributed by atoms with E-state index in [2.05, 4.69) is 21.2 Å². The molecule has 7 nitrogen and oxygen atoms in total. The van der Waals surface area contributed by atoms with Crippen molar-refractivity contribution >= 4 is 49.1 Å². The highest BCUT2D eigenvalue weighted by Gasteiger charge is 2.27. The van der Waals surface area contributed by atoms with Crippen LogP contribution in [0.1, 0.15) is 34.5 Å². The highest BCUT2D eigenvalue weighted by Crippen LogP contribution is 2.37. The van der Waals surface area contributed by atoms with Crippen LogP contribution < -0.4 is 19.1 Å². The molecule has 0 aliphatic heterocycles. The van der Waals surface area contributed by atoms with Gasteiger partial charge >= 0.3 is 0 Å². The van der Waals surface area contributed by atoms with Gasteiger partial charge in [0, 0.05) is 15.6 Å². The minimum atomic E-state index is -3.79. The maximum Gasteiger partial charge on any atom is 0.254 e. The molecule has 0 saturated heterocycles. The lowest BCUT2D eigenvalue weighted by Gasteiger charge is -2.26. The Balaban J connectivity index is 2.07. The zero-order chi connectivity index (χ0) is 25.8. The number of halogens is 2. The lowest BCUT2D eigenvalue weighted by Crippen LogP contribution is -2.33. The summed E-state index contributed by atoms with van der Waals surface area (Å²) in [5.41, 5.74) is 1.89. The van der Waals surface area contributed by atoms with E-state index in [-0.39, 0.29) is 23.8 Å². The normalized spacial score (nSPS) is 12.1. The number of carbonyl (C=O) groups excluding carboxylic acids is 1. The van der Waals surface area contributed by atoms with Crippen LogP contribution in [0.2, 0.25) is 5.02 Å². The maximum absolute atomic E-state index is 13.5. The van der Waals surface area contributed by atoms with Gasteiger partial charge in [-0.25, -0.2) is 8.42 Å². The van der Waals surface area contributed by atoms with Gasteiger partial charge in [0.15, 0.2) is 11.5 Å². The fraction of sp³-hybridized carbons (Fsp3) is 0.240. The first-order valence-electron chi connectivity index (χ1n) is 10.6. The van der Waals surface area contributed by atoms with Gasteiger partial charge in [0.2, 0.25) is 10.0 Å². The first-order chi connectivity index (χ1) is 16.5. The van der Waals surface area contributed by atoms with Crippen molar-refractivity contribution in [2.24, 2.45) is 0 Å². The number of sulfonamides is 1. The number of ether oxygens (including phenoxy) is 2. The summed E-state index contributed by atoms with van der Waals surface area (Å²) in [5, 5.41) is 3.48. The van der Waals surface area contributed by atoms with Crippen molar-refractivity contribution in [3.8, 4) is 11.5 Å². The predicted molar refractivity (Wildman–Crippen MR) is 142 cm³/mol. The summed E-state index contributed by atoms with van der Waals surface area (Å²) in [5.74, 6) is 0.142. The molecule has 0 heterocycles. The quantitative estimate of drug-likeness (QED) is 0.357. The van der Waals surface area contributed by atoms with Crippen LogP contribution in [-0.2, 0) is 16.6 Å². The second-order valence-corrected chi connectivity index (χ2v) is 11.1. The van der Waals surface area contributed by atoms with Crippen molar-refractivity contribution in [2.45, 2.75) is 19.5 Å². The number of amides is 1. The van der Waals surface area contributed by atoms with Crippen LogP contribution in [-0.4, -0.2) is 34.8 Å². The number of hydrogen-bond donors (Lipinski definition) is 1. The Labute approximate surface area is 219 Å². The zero-order valence-corrected chi connectivity index (χ0v) is 22.9. The van der Waals surface area contributed by atoms with Crippen molar-refractivity contribution < 1.29 is 22.7 Å². The average Bonchev–Trinajstić information content (AvgIpc) is 2.82. The molecule has 1 N–H and O–H groups in total. The minimum Gasteiger partial charge on any atom is -0.493 e. The zero-order valence-electron chi connectivity index (χ0n) is 19.7. The number of benzene rings is 3. The predicted octanol–water partition coefficient (Wildman–Crippen LogP) is 5.58. The molecule has 1 atom stereocenters. The number of nitrogens with zero attached hydrogens (tertiary/aromatic N) is 1. The first kappa shape index (κ1) is 26.8. The van der Waals surface area contributed by atoms with Crippen LogP contribution in [0.25, 0.3) is 0 Å². The SMILES string of the molecule is COc1cc(C(=O)N[C@H](C)c2ccc(Br)cc2)c(N(Cc2ccc(Cl)cc2)S(C)(=O)=O)cc1OC. The lowest BCUT2D eigenvalue weighted by molar-refractivity contribution is 0.0940. The number of nitrogens with one attached hydrogen (secondary N) is 1. The second-order valence-electron chi connectivity index (χ2n) is 7.87. The molecule has 0 radical (unpaired) electrons. The van der Waals surface area contributed by atoms with E-state index in [0.717, 1.165) is 20.6 Å². The Morgan fingerprint density at radius 3 is 2.14 bits per heavy atom. The molecule has 186 valence electrons. The highest BCUT2D eigenvalue weighted by molar-refractivity contribution is 9.10. The van der Waals surface area contributed by atoms with E-state index in [1.165, 1.54) is 26.4 Å². The Morgan fingerprint density at radius 1 is 1.03 bits per heavy atom. The van der Waals surface area contributed by atoms with E-state index in [4.69, 9.17) is 21.1 Å². The lowest BCUT2D eigenvalue weighted by atomic mass is 10.1. The summed E-state index contributed by atoms with van der Waals surface area (Å²) in [6.07, 6.45) is 1.09. The van der Waals surface area contributed by atoms with Crippen molar-refractivity contribution in [1.82, 2.24) is 5.32 Å². The Morgan fingerprint density at radius 2 is 1.60 bits per heavy atom. The monoisotopic (exact) mass is 580 g/mol. The number of hydrogen-bond acceptors (Lipinski definition) is 5. The number of anilines is 1. The Bertz CT molecular complexity index is 1300. The third kappa shape index (κ3) is 6.68. The molecule has 1 amide bonds. The van der Waals surface area contributed by atoms with Gasteiger partial charge in [-0.15, -0.1) is 0 Å². The van der Waals surface area contributed by atoms with E-state index in [1.807, 2.05) is 31.2 Å². The van der Waals surface area contributed by atoms with Gasteiger partial charge in [-0.2, -0.15) is 0 Å². The van der Waals surface area contributed by atoms with Gasteiger partial charge in [0.1, 0.15) is 0 Å². The van der Waals surface area contributed by atoms with Crippen LogP contribution >= 0.6 is 27.5 Å². The molecule has 0 saturated carbocycles. The van der Waals surface area contributed by atoms with Crippen molar-refractivity contribution in [1.29, 1.82) is 0 Å². The van der Waals surface area contributed by atoms with Crippen molar-refractivity contribution in [3.63, 3.8) is 0 Å². The summed E-state index contributed by atoms with van der Waals surface area (Å²) >= 11 is 9.39. The van der Waals surface area contributed by atoms with Crippen LogP contribution in [0.3, 0.4) is 0 Å². The van der Waals surface area contributed by atoms with Crippen LogP contribution in [0.5, 0.6) is 11.5 Å². The van der Waals surface area contributed by atoms with Crippen LogP contribution in [0.4, 0.5) is 5.69 Å². The van der Waals surface area contributed by atoms with E-state index in [1.54, 1.807) is 24.3 Å². The molecule has 0 spiro atoms. The largest absolute Gasteiger partial charge is 0.493 e. The summed E-state index contributed by atoms with van der Waals surface area (Å²) < 4.78 is 38.7. The molecule has 0 aliphatic rings. The summed E-state index contributed by atoms with van der Waals surface area (Å²) in [7, 11) is -0.898. The molecular weight excluding hydrogens is 556 g/mol. The van der Waals surface area contributed by atoms with Gasteiger partial charge in [-0.1, -0.05) is 51.8 Å². The van der Waals surface area contributed by atoms with E-state index in [0.29, 0.717) is 22.1 Å². The number of methoxy groups -OCH3 is 2. The molecule has 0 aromatic heterocycles. The van der Waals surface area contributed by atoms with E-state index < -0.39 is 15.9 Å². The molecule has 3 rings (SSSR count). The van der Waals surface area contributed by atoms with E-state index in [9.17, 15) is 13.2 Å². The Hall–Kier alpha value is -2.75. The second kappa shape index (κ2) is 11.3. The first-order valence-corrected chi connectivity index (χ1v) is 13.6. The third-order valence-corrected chi connectivity index (χ3v) is 7.28. The highest BCUT2D eigenvalue weighted by atomic mass is 79.9. The molecule has 3 aromatic carbocycles. The molecule has 35 heavy (non-hydrogen) atoms. The molecule has 10 heteroatoms. The molecule has 3 aromatic rings. The van der Waals surface area contributed by atoms with Gasteiger partial charge in [-0.05, 0) is 48.4 Å². The van der Waals surface area contributed by atoms with Gasteiger partial charge in [0.05, 0.1) is 44.3 Å². The maximum atomic E-state index is 13.5. The topological polar surface area (TPSA) is 84.9 Å². The van der Waals surface area contributed by atoms with Crippen molar-refractivity contribution in [2.75, 3.05) is 24.8 Å². The fourth-order valence-electron chi connectivity index (χ4n) is 3.50. The number of carbonyl (C=O) groups is 1. The average molecular weight is 582 g/mol. The van der Waals surface area contributed by atoms with E-state index >= 15 is 0 Å². The molecule has 0 bridgehead atoms. The smallest absolute Gasteiger partial charge is 0.254 e. The van der Waals surface area contributed by atoms with Gasteiger partial charge < -0.3 is 14.8 Å². The van der Waals surface area contributed by atoms with Crippen LogP contribution in [0.15, 0.2) is 65.1 Å². The molecule has 0 aliphatic carbocycles. The Kier molecular flexibility index (Phi) is 8.69. The summed E-state index contributed by atoms with van der Waals surface area (Å²) in [6.45, 7) is 1.84. The van der Waals surface area contributed by atoms with Gasteiger partial charge in [-0.3, -0.25) is 9.10 Å². The fourth-order valence-corrected chi connectivity index (χ4v) is 4.78. The third-order valence-electron chi connectivity index (χ3n) is 5.37. The standard InChI is InChI=1S/C25H26BrClN2O5S/c1-16(18-7-9-19(26)10-8-18)28-25(30)21-13-23(33-2)24(34-3)14-22(21)29(35(4,31)32)15-17-5-11-20(27)12-6-17/h5-14,16H,15H2,1-4H3,(H,28,30)/t16-/m1/s1. The van der Waals surface area contributed by atoms with Crippen molar-refractivity contribution in [3.05, 3.63) is 86.8 Å². The summed E-state index contributed by atoms with van der Waals surface area (Å²) in [6, 6.07) is 17.0. The summed E-state index contributed by atoms with van der Waals surface area (Å²) in [4.78, 5) is 13.5. The number of rotatable bonds is 9. The van der Waals surface area contributed by atoms with Gasteiger partial charge in [0.25, 0.3) is 5.91 Å². The minimum absolute atomic E-state index is 0.00592.